The van der Waals surface area contributed by atoms with Gasteiger partial charge in [0.25, 0.3) is 0 Å². The number of amides is 1. The van der Waals surface area contributed by atoms with Crippen LogP contribution in [0.3, 0.4) is 0 Å². The van der Waals surface area contributed by atoms with Crippen molar-refractivity contribution in [2.24, 2.45) is 0 Å². The number of rotatable bonds is 1. The quantitative estimate of drug-likeness (QED) is 0.863. The fourth-order valence-corrected chi connectivity index (χ4v) is 4.22. The van der Waals surface area contributed by atoms with Crippen LogP contribution < -0.4 is 5.32 Å². The zero-order valence-electron chi connectivity index (χ0n) is 9.35. The van der Waals surface area contributed by atoms with Crippen LogP contribution in [0.2, 0.25) is 0 Å². The van der Waals surface area contributed by atoms with Gasteiger partial charge in [0.05, 0.1) is 16.7 Å². The largest absolute Gasteiger partial charge is 0.324 e. The van der Waals surface area contributed by atoms with E-state index in [1.54, 1.807) is 23.5 Å². The minimum atomic E-state index is -0.219. The number of thioether (sulfide) groups is 1. The molecule has 0 saturated heterocycles. The molecule has 2 heterocycles. The Morgan fingerprint density at radius 3 is 2.94 bits per heavy atom. The summed E-state index contributed by atoms with van der Waals surface area (Å²) in [6.07, 6.45) is 0. The molecule has 0 fully saturated rings. The van der Waals surface area contributed by atoms with Gasteiger partial charge in [-0.2, -0.15) is 0 Å². The molecule has 0 unspecified atom stereocenters. The highest BCUT2D eigenvalue weighted by atomic mass is 32.2. The second-order valence-electron chi connectivity index (χ2n) is 3.96. The highest BCUT2D eigenvalue weighted by Crippen LogP contribution is 2.44. The van der Waals surface area contributed by atoms with Crippen molar-refractivity contribution >= 4 is 34.7 Å². The normalized spacial score (nSPS) is 18.9. The van der Waals surface area contributed by atoms with Crippen molar-refractivity contribution in [1.29, 1.82) is 0 Å². The Bertz CT molecular complexity index is 596. The molecule has 1 amide bonds. The first-order valence-corrected chi connectivity index (χ1v) is 7.42. The maximum Gasteiger partial charge on any atom is 0.234 e. The minimum Gasteiger partial charge on any atom is -0.324 e. The van der Waals surface area contributed by atoms with E-state index in [1.807, 2.05) is 17.5 Å². The van der Waals surface area contributed by atoms with Crippen molar-refractivity contribution < 1.29 is 9.18 Å². The fraction of sp³-hybridized carbons (Fsp3) is 0.154. The fourth-order valence-electron chi connectivity index (χ4n) is 1.97. The number of carbonyl (C=O) groups excluding carboxylic acids is 1. The molecular formula is C13H10FNOS2. The number of halogens is 1. The number of fused-ring (bicyclic) bond motifs is 1. The van der Waals surface area contributed by atoms with Gasteiger partial charge in [0.15, 0.2) is 0 Å². The van der Waals surface area contributed by atoms with Crippen molar-refractivity contribution in [1.82, 2.24) is 0 Å². The number of hydrogen-bond acceptors (Lipinski definition) is 3. The first-order valence-electron chi connectivity index (χ1n) is 5.49. The predicted molar refractivity (Wildman–Crippen MR) is 73.6 cm³/mol. The van der Waals surface area contributed by atoms with Gasteiger partial charge >= 0.3 is 0 Å². The average Bonchev–Trinajstić information content (AvgIpc) is 2.74. The Balaban J connectivity index is 2.08. The van der Waals surface area contributed by atoms with Gasteiger partial charge in [-0.3, -0.25) is 4.79 Å². The predicted octanol–water partition coefficient (Wildman–Crippen LogP) is 3.66. The van der Waals surface area contributed by atoms with E-state index in [-0.39, 0.29) is 17.0 Å². The second-order valence-corrected chi connectivity index (χ2v) is 6.00. The molecule has 5 heteroatoms. The van der Waals surface area contributed by atoms with E-state index in [0.717, 1.165) is 10.6 Å². The van der Waals surface area contributed by atoms with Crippen LogP contribution in [0, 0.1) is 5.82 Å². The molecule has 92 valence electrons. The Labute approximate surface area is 112 Å². The van der Waals surface area contributed by atoms with E-state index in [4.69, 9.17) is 0 Å². The third-order valence-corrected chi connectivity index (χ3v) is 5.16. The van der Waals surface area contributed by atoms with Gasteiger partial charge in [-0.25, -0.2) is 4.39 Å². The van der Waals surface area contributed by atoms with E-state index in [9.17, 15) is 9.18 Å². The van der Waals surface area contributed by atoms with Crippen LogP contribution in [-0.2, 0) is 4.79 Å². The smallest absolute Gasteiger partial charge is 0.234 e. The number of thiophene rings is 1. The molecule has 0 bridgehead atoms. The Kier molecular flexibility index (Phi) is 3.09. The number of anilines is 1. The molecule has 0 saturated carbocycles. The summed E-state index contributed by atoms with van der Waals surface area (Å²) in [5, 5.41) is 4.66. The highest BCUT2D eigenvalue weighted by Gasteiger charge is 2.26. The van der Waals surface area contributed by atoms with Gasteiger partial charge in [0, 0.05) is 10.4 Å². The van der Waals surface area contributed by atoms with Crippen LogP contribution in [0.5, 0.6) is 0 Å². The lowest BCUT2D eigenvalue weighted by molar-refractivity contribution is -0.113. The van der Waals surface area contributed by atoms with E-state index in [2.05, 4.69) is 5.32 Å². The van der Waals surface area contributed by atoms with Crippen LogP contribution in [0.25, 0.3) is 0 Å². The maximum absolute atomic E-state index is 13.9. The van der Waals surface area contributed by atoms with Crippen LogP contribution in [0.4, 0.5) is 10.1 Å². The molecular weight excluding hydrogens is 269 g/mol. The average molecular weight is 279 g/mol. The molecule has 0 spiro atoms. The summed E-state index contributed by atoms with van der Waals surface area (Å²) in [5.41, 5.74) is 1.45. The van der Waals surface area contributed by atoms with Crippen molar-refractivity contribution in [3.8, 4) is 0 Å². The second kappa shape index (κ2) is 4.74. The highest BCUT2D eigenvalue weighted by molar-refractivity contribution is 8.00. The molecule has 1 aromatic carbocycles. The number of hydrogen-bond donors (Lipinski definition) is 1. The lowest BCUT2D eigenvalue weighted by atomic mass is 10.1. The Morgan fingerprint density at radius 1 is 1.28 bits per heavy atom. The van der Waals surface area contributed by atoms with Gasteiger partial charge in [-0.1, -0.05) is 18.2 Å². The summed E-state index contributed by atoms with van der Waals surface area (Å²) in [5.74, 6) is 0.0996. The number of carbonyl (C=O) groups is 1. The van der Waals surface area contributed by atoms with Crippen LogP contribution in [0.15, 0.2) is 35.7 Å². The summed E-state index contributed by atoms with van der Waals surface area (Å²) in [6, 6.07) is 8.62. The standard InChI is InChI=1S/C13H10FNOS2/c14-9-4-2-1-3-8(9)12-13-10(5-6-17-13)15-11(16)7-18-12/h1-6,12H,7H2,(H,15,16)/t12-/m1/s1. The number of benzene rings is 1. The van der Waals surface area contributed by atoms with Crippen molar-refractivity contribution in [3.63, 3.8) is 0 Å². The SMILES string of the molecule is O=C1CS[C@H](c2ccccc2F)c2sccc2N1. The summed E-state index contributed by atoms with van der Waals surface area (Å²) >= 11 is 3.02. The molecule has 3 rings (SSSR count). The molecule has 18 heavy (non-hydrogen) atoms. The van der Waals surface area contributed by atoms with Gasteiger partial charge in [-0.15, -0.1) is 23.1 Å². The van der Waals surface area contributed by atoms with Gasteiger partial charge in [0.2, 0.25) is 5.91 Å². The third-order valence-electron chi connectivity index (χ3n) is 2.78. The lowest BCUT2D eigenvalue weighted by Crippen LogP contribution is -2.11. The number of nitrogens with one attached hydrogen (secondary N) is 1. The molecule has 0 aliphatic carbocycles. The van der Waals surface area contributed by atoms with E-state index >= 15 is 0 Å². The Hall–Kier alpha value is -1.33. The van der Waals surface area contributed by atoms with E-state index in [1.165, 1.54) is 17.8 Å². The topological polar surface area (TPSA) is 29.1 Å². The van der Waals surface area contributed by atoms with Gasteiger partial charge in [0.1, 0.15) is 5.82 Å². The van der Waals surface area contributed by atoms with Crippen LogP contribution in [0.1, 0.15) is 15.7 Å². The molecule has 1 aliphatic heterocycles. The first-order chi connectivity index (χ1) is 8.75. The minimum absolute atomic E-state index is 0.0292. The maximum atomic E-state index is 13.9. The molecule has 1 atom stereocenters. The van der Waals surface area contributed by atoms with Crippen molar-refractivity contribution in [2.75, 3.05) is 11.1 Å². The molecule has 1 N–H and O–H groups in total. The zero-order valence-corrected chi connectivity index (χ0v) is 11.0. The van der Waals surface area contributed by atoms with E-state index in [0.29, 0.717) is 11.3 Å². The summed E-state index contributed by atoms with van der Waals surface area (Å²) in [4.78, 5) is 12.6. The Morgan fingerprint density at radius 2 is 2.11 bits per heavy atom. The van der Waals surface area contributed by atoms with Gasteiger partial charge < -0.3 is 5.32 Å². The zero-order chi connectivity index (χ0) is 12.5. The monoisotopic (exact) mass is 279 g/mol. The molecule has 1 aromatic heterocycles. The molecule has 2 nitrogen and oxygen atoms in total. The van der Waals surface area contributed by atoms with Crippen molar-refractivity contribution in [2.45, 2.75) is 5.25 Å². The molecule has 2 aromatic rings. The van der Waals surface area contributed by atoms with Gasteiger partial charge in [-0.05, 0) is 17.5 Å². The van der Waals surface area contributed by atoms with Crippen LogP contribution >= 0.6 is 23.1 Å². The third kappa shape index (κ3) is 2.04. The first kappa shape index (κ1) is 11.7. The lowest BCUT2D eigenvalue weighted by Gasteiger charge is -2.14. The molecule has 0 radical (unpaired) electrons. The summed E-state index contributed by atoms with van der Waals surface area (Å²) in [7, 11) is 0. The summed E-state index contributed by atoms with van der Waals surface area (Å²) < 4.78 is 13.9. The van der Waals surface area contributed by atoms with Crippen molar-refractivity contribution in [3.05, 3.63) is 52.0 Å². The molecule has 1 aliphatic rings. The van der Waals surface area contributed by atoms with E-state index < -0.39 is 0 Å². The van der Waals surface area contributed by atoms with Crippen LogP contribution in [-0.4, -0.2) is 11.7 Å². The summed E-state index contributed by atoms with van der Waals surface area (Å²) in [6.45, 7) is 0.